The van der Waals surface area contributed by atoms with E-state index in [1.54, 1.807) is 13.0 Å². The number of hydrogen-bond acceptors (Lipinski definition) is 1. The molecule has 148 valence electrons. The van der Waals surface area contributed by atoms with Crippen molar-refractivity contribution >= 4 is 36.2 Å². The van der Waals surface area contributed by atoms with Crippen LogP contribution in [-0.4, -0.2) is 5.11 Å². The fourth-order valence-corrected chi connectivity index (χ4v) is 3.56. The first-order valence-corrected chi connectivity index (χ1v) is 14.8. The number of aryl methyl sites for hydroxylation is 1. The Bertz CT molecular complexity index is 814. The summed E-state index contributed by atoms with van der Waals surface area (Å²) in [5, 5.41) is 9.58. The average Bonchev–Trinajstić information content (AvgIpc) is 2.57. The summed E-state index contributed by atoms with van der Waals surface area (Å²) in [7, 11) is 8.96. The molecular weight excluding hydrogens is 508 g/mol. The van der Waals surface area contributed by atoms with Crippen LogP contribution in [0.5, 0.6) is 5.75 Å². The van der Waals surface area contributed by atoms with Crippen LogP contribution in [-0.2, 0) is 26.3 Å². The summed E-state index contributed by atoms with van der Waals surface area (Å²) in [4.78, 5) is 0. The predicted octanol–water partition coefficient (Wildman–Crippen LogP) is 5.70. The van der Waals surface area contributed by atoms with E-state index in [0.717, 1.165) is 0 Å². The number of phenols is 1. The summed E-state index contributed by atoms with van der Waals surface area (Å²) in [5.41, 5.74) is 0.795. The van der Waals surface area contributed by atoms with Crippen molar-refractivity contribution in [2.75, 3.05) is 0 Å². The monoisotopic (exact) mass is 522 g/mol. The van der Waals surface area contributed by atoms with E-state index in [0.29, 0.717) is 11.1 Å². The molecule has 0 fully saturated rings. The fourth-order valence-electron chi connectivity index (χ4n) is 2.30. The van der Waals surface area contributed by atoms with Gasteiger partial charge in [0.2, 0.25) is 5.82 Å². The Morgan fingerprint density at radius 2 is 1.30 bits per heavy atom. The zero-order chi connectivity index (χ0) is 21.1. The van der Waals surface area contributed by atoms with Crippen molar-refractivity contribution < 1.29 is 47.9 Å². The molecule has 1 nitrogen and oxygen atoms in total. The van der Waals surface area contributed by atoms with Crippen molar-refractivity contribution in [3.63, 3.8) is 0 Å². The van der Waals surface area contributed by atoms with Gasteiger partial charge in [0.15, 0.2) is 23.3 Å². The van der Waals surface area contributed by atoms with Gasteiger partial charge in [-0.15, -0.1) is 0 Å². The van der Waals surface area contributed by atoms with Crippen LogP contribution < -0.4 is 10.6 Å². The molecule has 0 spiro atoms. The molecule has 0 aliphatic heterocycles. The number of phenolic OH excluding ortho intramolecular Hbond substituents is 1. The molecule has 0 aromatic heterocycles. The summed E-state index contributed by atoms with van der Waals surface area (Å²) >= 11 is -0.826. The van der Waals surface area contributed by atoms with Crippen LogP contribution in [0.1, 0.15) is 31.9 Å². The molecule has 0 amide bonds. The molecule has 1 N–H and O–H groups in total. The minimum absolute atomic E-state index is 0.128. The first kappa shape index (κ1) is 24.8. The van der Waals surface area contributed by atoms with Crippen LogP contribution in [0.2, 0.25) is 0 Å². The van der Waals surface area contributed by atoms with Gasteiger partial charge in [0.1, 0.15) is 5.75 Å². The second-order valence-electron chi connectivity index (χ2n) is 6.60. The van der Waals surface area contributed by atoms with Gasteiger partial charge in [-0.05, 0) is 32.5 Å². The van der Waals surface area contributed by atoms with E-state index in [4.69, 9.17) is 17.0 Å². The molecule has 1 unspecified atom stereocenters. The predicted molar refractivity (Wildman–Crippen MR) is 97.1 cm³/mol. The maximum absolute atomic E-state index is 13.9. The van der Waals surface area contributed by atoms with Crippen LogP contribution >= 0.6 is 25.6 Å². The number of halogens is 7. The molecule has 2 rings (SSSR count). The van der Waals surface area contributed by atoms with Crippen LogP contribution in [0.4, 0.5) is 22.0 Å². The normalized spacial score (nSPS) is 11.5. The van der Waals surface area contributed by atoms with E-state index in [1.165, 1.54) is 6.07 Å². The van der Waals surface area contributed by atoms with Gasteiger partial charge in [0.05, 0.1) is 5.30 Å². The van der Waals surface area contributed by atoms with E-state index in [1.807, 2.05) is 20.8 Å². The molecular formula is C17H16Cl2F5OPZr. The Labute approximate surface area is 174 Å². The molecule has 2 aromatic rings. The molecule has 0 aliphatic carbocycles. The molecule has 0 heterocycles. The zero-order valence-electron chi connectivity index (χ0n) is 14.7. The first-order valence-electron chi connectivity index (χ1n) is 7.45. The van der Waals surface area contributed by atoms with Gasteiger partial charge in [0.25, 0.3) is 0 Å². The van der Waals surface area contributed by atoms with Crippen LogP contribution in [0.25, 0.3) is 0 Å². The standard InChI is InChI=1S/C17H16F5OP.2ClH.Zr/c1-7-5-8(17(2,3)4)15(23)9(6-7)24-16-13(21)11(19)10(18)12(20)14(16)22;;;/h5-6,23-24H,1-4H3;2*1H;/q;;;+2/p-2. The number of hydrogen-bond donors (Lipinski definition) is 1. The van der Waals surface area contributed by atoms with Crippen molar-refractivity contribution in [1.29, 1.82) is 0 Å². The number of aromatic hydroxyl groups is 1. The number of rotatable bonds is 2. The molecule has 2 aromatic carbocycles. The summed E-state index contributed by atoms with van der Waals surface area (Å²) in [5.74, 6) is -10.1. The molecule has 1 atom stereocenters. The van der Waals surface area contributed by atoms with Crippen molar-refractivity contribution in [3.8, 4) is 5.75 Å². The molecule has 10 heteroatoms. The first-order chi connectivity index (χ1) is 12.4. The van der Waals surface area contributed by atoms with E-state index in [9.17, 15) is 27.1 Å². The zero-order valence-corrected chi connectivity index (χ0v) is 19.7. The second-order valence-corrected chi connectivity index (χ2v) is 11.6. The van der Waals surface area contributed by atoms with Gasteiger partial charge in [-0.25, -0.2) is 22.0 Å². The van der Waals surface area contributed by atoms with Crippen LogP contribution in [0.3, 0.4) is 0 Å². The van der Waals surface area contributed by atoms with Gasteiger partial charge >= 0.3 is 37.9 Å². The van der Waals surface area contributed by atoms with Crippen LogP contribution in [0.15, 0.2) is 12.1 Å². The van der Waals surface area contributed by atoms with Gasteiger partial charge in [-0.3, -0.25) is 0 Å². The molecule has 27 heavy (non-hydrogen) atoms. The van der Waals surface area contributed by atoms with Crippen molar-refractivity contribution in [1.82, 2.24) is 0 Å². The Kier molecular flexibility index (Phi) is 9.20. The second kappa shape index (κ2) is 10.0. The fraction of sp³-hybridized carbons (Fsp3) is 0.294. The average molecular weight is 524 g/mol. The Hall–Kier alpha value is -0.217. The Balaban J connectivity index is 0.00000114. The Morgan fingerprint density at radius 3 is 1.70 bits per heavy atom. The molecule has 0 radical (unpaired) electrons. The molecule has 0 saturated carbocycles. The third-order valence-corrected chi connectivity index (χ3v) is 4.87. The number of benzene rings is 2. The molecule has 0 bridgehead atoms. The quantitative estimate of drug-likeness (QED) is 0.231. The topological polar surface area (TPSA) is 20.2 Å². The van der Waals surface area contributed by atoms with Gasteiger partial charge < -0.3 is 5.11 Å². The molecule has 0 saturated heterocycles. The summed E-state index contributed by atoms with van der Waals surface area (Å²) in [6.07, 6.45) is 0. The summed E-state index contributed by atoms with van der Waals surface area (Å²) < 4.78 is 67.5. The van der Waals surface area contributed by atoms with E-state index in [-0.39, 0.29) is 11.1 Å². The third kappa shape index (κ3) is 5.88. The van der Waals surface area contributed by atoms with Gasteiger partial charge in [0, 0.05) is 10.9 Å². The van der Waals surface area contributed by atoms with E-state index < -0.39 is 69.2 Å². The summed E-state index contributed by atoms with van der Waals surface area (Å²) in [6.45, 7) is 7.24. The van der Waals surface area contributed by atoms with Gasteiger partial charge in [-0.1, -0.05) is 26.8 Å². The van der Waals surface area contributed by atoms with E-state index >= 15 is 0 Å². The van der Waals surface area contributed by atoms with Crippen molar-refractivity contribution in [3.05, 3.63) is 52.3 Å². The van der Waals surface area contributed by atoms with E-state index in [2.05, 4.69) is 0 Å². The Morgan fingerprint density at radius 1 is 0.889 bits per heavy atom. The maximum atomic E-state index is 13.9. The van der Waals surface area contributed by atoms with Crippen molar-refractivity contribution in [2.45, 2.75) is 33.1 Å². The summed E-state index contributed by atoms with van der Waals surface area (Å²) in [6, 6.07) is 3.20. The van der Waals surface area contributed by atoms with Crippen molar-refractivity contribution in [2.24, 2.45) is 0 Å². The van der Waals surface area contributed by atoms with Gasteiger partial charge in [-0.2, -0.15) is 0 Å². The molecule has 0 aliphatic rings. The third-order valence-electron chi connectivity index (χ3n) is 3.53. The van der Waals surface area contributed by atoms with Crippen LogP contribution in [0, 0.1) is 36.0 Å². The minimum atomic E-state index is -2.19. The SMILES string of the molecule is Cc1cc(Pc2c(F)c(F)c(F)c(F)c2F)c(O)c(C(C)(C)C)c1.[Cl][Zr][Cl].